The van der Waals surface area contributed by atoms with Gasteiger partial charge < -0.3 is 15.0 Å². The maximum Gasteiger partial charge on any atom is 0.490 e. The molecule has 3 aromatic heterocycles. The molecule has 0 aromatic carbocycles. The Hall–Kier alpha value is -3.76. The molecule has 1 aliphatic rings. The lowest BCUT2D eigenvalue weighted by Gasteiger charge is -2.14. The minimum atomic E-state index is -5.08. The van der Waals surface area contributed by atoms with E-state index in [0.29, 0.717) is 18.7 Å². The molecule has 4 rings (SSSR count). The summed E-state index contributed by atoms with van der Waals surface area (Å²) in [5.41, 5.74) is 4.43. The highest BCUT2D eigenvalue weighted by Crippen LogP contribution is 2.31. The molecule has 1 aliphatic heterocycles. The summed E-state index contributed by atoms with van der Waals surface area (Å²) >= 11 is 0. The molecule has 0 saturated heterocycles. The molecular formula is C20H18F3N5O3. The summed E-state index contributed by atoms with van der Waals surface area (Å²) in [4.78, 5) is 39.5. The summed E-state index contributed by atoms with van der Waals surface area (Å²) in [6.45, 7) is 3.11. The van der Waals surface area contributed by atoms with Gasteiger partial charge in [0.05, 0.1) is 23.5 Å². The molecule has 0 spiro atoms. The zero-order valence-electron chi connectivity index (χ0n) is 16.3. The lowest BCUT2D eigenvalue weighted by molar-refractivity contribution is -0.192. The van der Waals surface area contributed by atoms with Gasteiger partial charge in [-0.05, 0) is 36.2 Å². The fourth-order valence-electron chi connectivity index (χ4n) is 3.07. The first-order valence-corrected chi connectivity index (χ1v) is 9.15. The van der Waals surface area contributed by atoms with Crippen LogP contribution in [0.25, 0.3) is 11.1 Å². The van der Waals surface area contributed by atoms with E-state index in [4.69, 9.17) is 9.90 Å². The minimum absolute atomic E-state index is 0.0390. The number of alkyl halides is 3. The van der Waals surface area contributed by atoms with E-state index in [1.165, 1.54) is 0 Å². The van der Waals surface area contributed by atoms with Crippen molar-refractivity contribution >= 4 is 11.9 Å². The summed E-state index contributed by atoms with van der Waals surface area (Å²) in [6.07, 6.45) is 2.78. The smallest absolute Gasteiger partial charge is 0.475 e. The number of rotatable bonds is 4. The van der Waals surface area contributed by atoms with Gasteiger partial charge in [-0.2, -0.15) is 13.2 Å². The Balaban J connectivity index is 0.000000339. The Labute approximate surface area is 174 Å². The summed E-state index contributed by atoms with van der Waals surface area (Å²) in [6, 6.07) is 5.72. The van der Waals surface area contributed by atoms with Gasteiger partial charge in [0.15, 0.2) is 0 Å². The molecule has 162 valence electrons. The van der Waals surface area contributed by atoms with Gasteiger partial charge in [0.2, 0.25) is 0 Å². The number of aromatic nitrogens is 4. The summed E-state index contributed by atoms with van der Waals surface area (Å²) < 4.78 is 31.7. The van der Waals surface area contributed by atoms with Crippen molar-refractivity contribution < 1.29 is 27.9 Å². The number of carboxylic acids is 1. The fourth-order valence-corrected chi connectivity index (χ4v) is 3.07. The van der Waals surface area contributed by atoms with Gasteiger partial charge in [-0.25, -0.2) is 9.78 Å². The van der Waals surface area contributed by atoms with Crippen molar-refractivity contribution in [2.24, 2.45) is 0 Å². The van der Waals surface area contributed by atoms with Crippen LogP contribution in [0.2, 0.25) is 0 Å². The average molecular weight is 433 g/mol. The molecule has 1 amide bonds. The van der Waals surface area contributed by atoms with Crippen LogP contribution in [-0.4, -0.2) is 54.5 Å². The number of carbonyl (C=O) groups is 2. The average Bonchev–Trinajstić information content (AvgIpc) is 3.29. The standard InChI is InChI=1S/C18H17N5O.C2HF3O2/c1-12-21-10-14(22-12)5-9-23-11-16-17(18(23)24)15(4-8-20-16)13-2-6-19-7-3-13;3-2(4,5)1(6)7/h2-4,6-8,10H,5,9,11H2,1H3,(H,21,22);(H,6,7). The van der Waals surface area contributed by atoms with Gasteiger partial charge in [-0.15, -0.1) is 0 Å². The molecule has 0 saturated carbocycles. The quantitative estimate of drug-likeness (QED) is 0.654. The third-order valence-electron chi connectivity index (χ3n) is 4.50. The van der Waals surface area contributed by atoms with Gasteiger partial charge in [0, 0.05) is 37.8 Å². The van der Waals surface area contributed by atoms with Crippen LogP contribution < -0.4 is 0 Å². The number of amides is 1. The van der Waals surface area contributed by atoms with Gasteiger partial charge >= 0.3 is 12.1 Å². The minimum Gasteiger partial charge on any atom is -0.475 e. The van der Waals surface area contributed by atoms with Crippen molar-refractivity contribution in [1.82, 2.24) is 24.8 Å². The highest BCUT2D eigenvalue weighted by molar-refractivity contribution is 6.03. The Bertz CT molecular complexity index is 1080. The molecule has 4 heterocycles. The van der Waals surface area contributed by atoms with E-state index in [1.807, 2.05) is 36.2 Å². The number of pyridine rings is 2. The van der Waals surface area contributed by atoms with Crippen molar-refractivity contribution in [1.29, 1.82) is 0 Å². The number of aromatic amines is 1. The number of nitrogens with one attached hydrogen (secondary N) is 1. The highest BCUT2D eigenvalue weighted by atomic mass is 19.4. The SMILES string of the molecule is Cc1nc(CCN2Cc3nccc(-c4ccncc4)c3C2=O)c[nH]1.O=C(O)C(F)(F)F. The van der Waals surface area contributed by atoms with Crippen molar-refractivity contribution in [3.63, 3.8) is 0 Å². The zero-order valence-corrected chi connectivity index (χ0v) is 16.3. The largest absolute Gasteiger partial charge is 0.490 e. The molecule has 0 atom stereocenters. The first-order chi connectivity index (χ1) is 14.7. The first-order valence-electron chi connectivity index (χ1n) is 9.15. The van der Waals surface area contributed by atoms with Crippen LogP contribution in [0.1, 0.15) is 27.6 Å². The number of hydrogen-bond acceptors (Lipinski definition) is 5. The molecule has 11 heteroatoms. The summed E-state index contributed by atoms with van der Waals surface area (Å²) in [5, 5.41) is 7.12. The Kier molecular flexibility index (Phi) is 6.33. The molecule has 2 N–H and O–H groups in total. The summed E-state index contributed by atoms with van der Waals surface area (Å²) in [7, 11) is 0. The van der Waals surface area contributed by atoms with Crippen LogP contribution in [0.3, 0.4) is 0 Å². The number of hydrogen-bond donors (Lipinski definition) is 2. The predicted molar refractivity (Wildman–Crippen MR) is 103 cm³/mol. The lowest BCUT2D eigenvalue weighted by atomic mass is 10.0. The Morgan fingerprint density at radius 3 is 2.48 bits per heavy atom. The Morgan fingerprint density at radius 1 is 1.23 bits per heavy atom. The second-order valence-corrected chi connectivity index (χ2v) is 6.67. The molecule has 31 heavy (non-hydrogen) atoms. The maximum atomic E-state index is 12.9. The van der Waals surface area contributed by atoms with Crippen LogP contribution in [-0.2, 0) is 17.8 Å². The van der Waals surface area contributed by atoms with E-state index < -0.39 is 12.1 Å². The molecule has 8 nitrogen and oxygen atoms in total. The van der Waals surface area contributed by atoms with Gasteiger partial charge in [-0.1, -0.05) is 0 Å². The topological polar surface area (TPSA) is 112 Å². The molecular weight excluding hydrogens is 415 g/mol. The third-order valence-corrected chi connectivity index (χ3v) is 4.50. The number of carboxylic acid groups (broad SMARTS) is 1. The molecule has 3 aromatic rings. The summed E-state index contributed by atoms with van der Waals surface area (Å²) in [5.74, 6) is -1.83. The second-order valence-electron chi connectivity index (χ2n) is 6.67. The van der Waals surface area contributed by atoms with E-state index in [1.54, 1.807) is 18.6 Å². The van der Waals surface area contributed by atoms with Crippen LogP contribution in [0.4, 0.5) is 13.2 Å². The highest BCUT2D eigenvalue weighted by Gasteiger charge is 2.38. The molecule has 0 bridgehead atoms. The number of H-pyrrole nitrogens is 1. The van der Waals surface area contributed by atoms with Crippen LogP contribution in [0, 0.1) is 6.92 Å². The molecule has 0 fully saturated rings. The monoisotopic (exact) mass is 433 g/mol. The van der Waals surface area contributed by atoms with Crippen molar-refractivity contribution in [2.75, 3.05) is 6.54 Å². The maximum absolute atomic E-state index is 12.9. The number of aliphatic carboxylic acids is 1. The van der Waals surface area contributed by atoms with E-state index in [2.05, 4.69) is 19.9 Å². The zero-order chi connectivity index (χ0) is 22.6. The number of fused-ring (bicyclic) bond motifs is 1. The van der Waals surface area contributed by atoms with E-state index in [9.17, 15) is 18.0 Å². The third kappa shape index (κ3) is 5.24. The number of carbonyl (C=O) groups excluding carboxylic acids is 1. The number of halogens is 3. The Morgan fingerprint density at radius 2 is 1.90 bits per heavy atom. The van der Waals surface area contributed by atoms with E-state index in [-0.39, 0.29) is 5.91 Å². The van der Waals surface area contributed by atoms with E-state index in [0.717, 1.165) is 34.8 Å². The molecule has 0 unspecified atom stereocenters. The van der Waals surface area contributed by atoms with Crippen molar-refractivity contribution in [3.8, 4) is 11.1 Å². The van der Waals surface area contributed by atoms with Crippen molar-refractivity contribution in [3.05, 3.63) is 65.8 Å². The predicted octanol–water partition coefficient (Wildman–Crippen LogP) is 3.01. The molecule has 0 aliphatic carbocycles. The number of aryl methyl sites for hydroxylation is 1. The normalized spacial score (nSPS) is 12.9. The second kappa shape index (κ2) is 8.94. The number of nitrogens with zero attached hydrogens (tertiary/aromatic N) is 4. The van der Waals surface area contributed by atoms with E-state index >= 15 is 0 Å². The fraction of sp³-hybridized carbons (Fsp3) is 0.250. The van der Waals surface area contributed by atoms with Crippen LogP contribution >= 0.6 is 0 Å². The van der Waals surface area contributed by atoms with Crippen LogP contribution in [0.15, 0.2) is 43.0 Å². The van der Waals surface area contributed by atoms with Gasteiger partial charge in [-0.3, -0.25) is 14.8 Å². The van der Waals surface area contributed by atoms with Gasteiger partial charge in [0.1, 0.15) is 5.82 Å². The molecule has 0 radical (unpaired) electrons. The first kappa shape index (κ1) is 21.9. The lowest BCUT2D eigenvalue weighted by Crippen LogP contribution is -2.26. The number of imidazole rings is 1. The van der Waals surface area contributed by atoms with Crippen LogP contribution in [0.5, 0.6) is 0 Å². The van der Waals surface area contributed by atoms with Gasteiger partial charge in [0.25, 0.3) is 5.91 Å². The van der Waals surface area contributed by atoms with Crippen molar-refractivity contribution in [2.45, 2.75) is 26.1 Å².